The third-order valence-electron chi connectivity index (χ3n) is 2.00. The number of hydrogen-bond acceptors (Lipinski definition) is 5. The quantitative estimate of drug-likeness (QED) is 0.601. The van der Waals surface area contributed by atoms with Crippen molar-refractivity contribution in [1.29, 1.82) is 0 Å². The van der Waals surface area contributed by atoms with Crippen LogP contribution in [0.3, 0.4) is 0 Å². The molecule has 0 saturated heterocycles. The molecular formula is C9H13N5S. The molecule has 0 aliphatic carbocycles. The van der Waals surface area contributed by atoms with Gasteiger partial charge in [0.2, 0.25) is 0 Å². The van der Waals surface area contributed by atoms with Crippen LogP contribution in [0, 0.1) is 0 Å². The second-order valence-electron chi connectivity index (χ2n) is 3.39. The number of nitrogens with one attached hydrogen (secondary N) is 1. The van der Waals surface area contributed by atoms with E-state index in [0.29, 0.717) is 5.65 Å². The number of hydrogen-bond donors (Lipinski definition) is 2. The molecule has 0 aliphatic heterocycles. The van der Waals surface area contributed by atoms with Crippen molar-refractivity contribution in [2.24, 2.45) is 5.73 Å². The summed E-state index contributed by atoms with van der Waals surface area (Å²) in [6.07, 6.45) is 4.15. The third-order valence-corrected chi connectivity index (χ3v) is 3.02. The Balaban J connectivity index is 2.10. The van der Waals surface area contributed by atoms with Crippen molar-refractivity contribution in [2.75, 3.05) is 5.75 Å². The maximum absolute atomic E-state index is 5.68. The molecule has 80 valence electrons. The number of nitrogens with two attached hydrogens (primary N) is 1. The van der Waals surface area contributed by atoms with E-state index in [0.717, 1.165) is 22.7 Å². The molecule has 2 heterocycles. The van der Waals surface area contributed by atoms with Crippen molar-refractivity contribution >= 4 is 22.9 Å². The first kappa shape index (κ1) is 10.4. The SMILES string of the molecule is CC(N)CCSc1ncnc2nc[nH]c12. The number of aromatic nitrogens is 4. The normalized spacial score (nSPS) is 13.2. The summed E-state index contributed by atoms with van der Waals surface area (Å²) in [6, 6.07) is 0.233. The summed E-state index contributed by atoms with van der Waals surface area (Å²) in [5.74, 6) is 0.961. The van der Waals surface area contributed by atoms with Gasteiger partial charge in [-0.3, -0.25) is 0 Å². The lowest BCUT2D eigenvalue weighted by Crippen LogP contribution is -2.15. The van der Waals surface area contributed by atoms with Crippen LogP contribution in [0.15, 0.2) is 17.7 Å². The molecule has 0 aliphatic rings. The Kier molecular flexibility index (Phi) is 3.17. The van der Waals surface area contributed by atoms with Gasteiger partial charge in [-0.15, -0.1) is 11.8 Å². The average molecular weight is 223 g/mol. The molecule has 0 saturated carbocycles. The van der Waals surface area contributed by atoms with E-state index in [2.05, 4.69) is 19.9 Å². The monoisotopic (exact) mass is 223 g/mol. The van der Waals surface area contributed by atoms with E-state index in [1.165, 1.54) is 6.33 Å². The van der Waals surface area contributed by atoms with Gasteiger partial charge >= 0.3 is 0 Å². The van der Waals surface area contributed by atoms with E-state index in [1.807, 2.05) is 6.92 Å². The zero-order chi connectivity index (χ0) is 10.7. The van der Waals surface area contributed by atoms with Gasteiger partial charge < -0.3 is 10.7 Å². The summed E-state index contributed by atoms with van der Waals surface area (Å²) >= 11 is 1.68. The van der Waals surface area contributed by atoms with E-state index >= 15 is 0 Å². The van der Waals surface area contributed by atoms with E-state index in [1.54, 1.807) is 18.1 Å². The minimum atomic E-state index is 0.233. The fourth-order valence-corrected chi connectivity index (χ4v) is 2.29. The highest BCUT2D eigenvalue weighted by Crippen LogP contribution is 2.22. The molecule has 1 atom stereocenters. The van der Waals surface area contributed by atoms with Crippen molar-refractivity contribution in [3.05, 3.63) is 12.7 Å². The van der Waals surface area contributed by atoms with Crippen LogP contribution >= 0.6 is 11.8 Å². The highest BCUT2D eigenvalue weighted by molar-refractivity contribution is 7.99. The number of H-pyrrole nitrogens is 1. The third kappa shape index (κ3) is 2.45. The molecule has 3 N–H and O–H groups in total. The van der Waals surface area contributed by atoms with E-state index in [-0.39, 0.29) is 6.04 Å². The summed E-state index contributed by atoms with van der Waals surface area (Å²) in [5.41, 5.74) is 7.31. The average Bonchev–Trinajstić information content (AvgIpc) is 2.65. The summed E-state index contributed by atoms with van der Waals surface area (Å²) in [5, 5.41) is 0.943. The van der Waals surface area contributed by atoms with Crippen molar-refractivity contribution in [3.8, 4) is 0 Å². The van der Waals surface area contributed by atoms with Gasteiger partial charge in [-0.25, -0.2) is 15.0 Å². The number of thioether (sulfide) groups is 1. The lowest BCUT2D eigenvalue weighted by Gasteiger charge is -2.03. The maximum Gasteiger partial charge on any atom is 0.181 e. The Morgan fingerprint density at radius 3 is 3.13 bits per heavy atom. The molecule has 0 amide bonds. The second kappa shape index (κ2) is 4.59. The fourth-order valence-electron chi connectivity index (χ4n) is 1.19. The standard InChI is InChI=1S/C9H13N5S/c1-6(10)2-3-15-9-7-8(12-4-11-7)13-5-14-9/h4-6H,2-3,10H2,1H3,(H,11,12,13,14). The predicted molar refractivity (Wildman–Crippen MR) is 60.7 cm³/mol. The number of aromatic amines is 1. The first-order valence-electron chi connectivity index (χ1n) is 4.80. The Morgan fingerprint density at radius 1 is 1.47 bits per heavy atom. The smallest absolute Gasteiger partial charge is 0.181 e. The lowest BCUT2D eigenvalue weighted by atomic mass is 10.3. The van der Waals surface area contributed by atoms with Crippen molar-refractivity contribution in [2.45, 2.75) is 24.4 Å². The van der Waals surface area contributed by atoms with Crippen LogP contribution < -0.4 is 5.73 Å². The minimum absolute atomic E-state index is 0.233. The molecule has 6 heteroatoms. The Bertz CT molecular complexity index is 439. The van der Waals surface area contributed by atoms with Gasteiger partial charge in [-0.1, -0.05) is 0 Å². The number of rotatable bonds is 4. The molecule has 2 aromatic rings. The molecule has 1 unspecified atom stereocenters. The van der Waals surface area contributed by atoms with Crippen molar-refractivity contribution < 1.29 is 0 Å². The largest absolute Gasteiger partial charge is 0.341 e. The zero-order valence-corrected chi connectivity index (χ0v) is 9.29. The van der Waals surface area contributed by atoms with Crippen LogP contribution in [0.2, 0.25) is 0 Å². The van der Waals surface area contributed by atoms with Crippen LogP contribution in [0.1, 0.15) is 13.3 Å². The topological polar surface area (TPSA) is 80.5 Å². The van der Waals surface area contributed by atoms with Crippen molar-refractivity contribution in [1.82, 2.24) is 19.9 Å². The number of fused-ring (bicyclic) bond motifs is 1. The molecular weight excluding hydrogens is 210 g/mol. The molecule has 0 radical (unpaired) electrons. The van der Waals surface area contributed by atoms with Gasteiger partial charge in [0.1, 0.15) is 16.9 Å². The Hall–Kier alpha value is -1.14. The van der Waals surface area contributed by atoms with Crippen LogP contribution in [0.5, 0.6) is 0 Å². The Labute approximate surface area is 91.9 Å². The number of imidazole rings is 1. The molecule has 2 rings (SSSR count). The van der Waals surface area contributed by atoms with E-state index in [9.17, 15) is 0 Å². The van der Waals surface area contributed by atoms with Gasteiger partial charge in [0.05, 0.1) is 6.33 Å². The van der Waals surface area contributed by atoms with Gasteiger partial charge in [-0.05, 0) is 13.3 Å². The molecule has 5 nitrogen and oxygen atoms in total. The Morgan fingerprint density at radius 2 is 2.33 bits per heavy atom. The first-order chi connectivity index (χ1) is 7.27. The van der Waals surface area contributed by atoms with Gasteiger partial charge in [0.25, 0.3) is 0 Å². The van der Waals surface area contributed by atoms with Crippen molar-refractivity contribution in [3.63, 3.8) is 0 Å². The number of nitrogens with zero attached hydrogens (tertiary/aromatic N) is 3. The highest BCUT2D eigenvalue weighted by atomic mass is 32.2. The molecule has 0 bridgehead atoms. The lowest BCUT2D eigenvalue weighted by molar-refractivity contribution is 0.721. The van der Waals surface area contributed by atoms with Crippen LogP contribution in [-0.2, 0) is 0 Å². The zero-order valence-electron chi connectivity index (χ0n) is 8.47. The summed E-state index contributed by atoms with van der Waals surface area (Å²) < 4.78 is 0. The van der Waals surface area contributed by atoms with E-state index < -0.39 is 0 Å². The molecule has 2 aromatic heterocycles. The first-order valence-corrected chi connectivity index (χ1v) is 5.78. The predicted octanol–water partition coefficient (Wildman–Crippen LogP) is 1.18. The fraction of sp³-hybridized carbons (Fsp3) is 0.444. The maximum atomic E-state index is 5.68. The summed E-state index contributed by atoms with van der Waals surface area (Å²) in [7, 11) is 0. The van der Waals surface area contributed by atoms with Gasteiger partial charge in [0, 0.05) is 11.8 Å². The van der Waals surface area contributed by atoms with Crippen LogP contribution in [0.4, 0.5) is 0 Å². The molecule has 0 spiro atoms. The summed E-state index contributed by atoms with van der Waals surface area (Å²) in [4.78, 5) is 15.4. The minimum Gasteiger partial charge on any atom is -0.341 e. The molecule has 0 aromatic carbocycles. The highest BCUT2D eigenvalue weighted by Gasteiger charge is 2.06. The van der Waals surface area contributed by atoms with Gasteiger partial charge in [0.15, 0.2) is 5.65 Å². The summed E-state index contributed by atoms with van der Waals surface area (Å²) in [6.45, 7) is 2.01. The molecule has 15 heavy (non-hydrogen) atoms. The van der Waals surface area contributed by atoms with Crippen LogP contribution in [-0.4, -0.2) is 31.7 Å². The van der Waals surface area contributed by atoms with Crippen LogP contribution in [0.25, 0.3) is 11.2 Å². The molecule has 0 fully saturated rings. The van der Waals surface area contributed by atoms with E-state index in [4.69, 9.17) is 5.73 Å². The van der Waals surface area contributed by atoms with Gasteiger partial charge in [-0.2, -0.15) is 0 Å². The second-order valence-corrected chi connectivity index (χ2v) is 4.48.